The summed E-state index contributed by atoms with van der Waals surface area (Å²) in [6.45, 7) is 8.03. The minimum atomic E-state index is -0.0658. The van der Waals surface area contributed by atoms with Gasteiger partial charge in [0.15, 0.2) is 0 Å². The number of hydrogen-bond donors (Lipinski definition) is 1. The normalized spacial score (nSPS) is 31.7. The predicted molar refractivity (Wildman–Crippen MR) is 57.3 cm³/mol. The minimum absolute atomic E-state index is 0.0658. The van der Waals surface area contributed by atoms with Gasteiger partial charge in [-0.25, -0.2) is 0 Å². The molecule has 1 N–H and O–H groups in total. The quantitative estimate of drug-likeness (QED) is 0.717. The van der Waals surface area contributed by atoms with Crippen LogP contribution in [-0.2, 0) is 0 Å². The first-order valence-electron chi connectivity index (χ1n) is 5.94. The van der Waals surface area contributed by atoms with Crippen LogP contribution in [0.2, 0.25) is 0 Å². The van der Waals surface area contributed by atoms with Crippen LogP contribution in [0.4, 0.5) is 0 Å². The van der Waals surface area contributed by atoms with E-state index in [0.717, 1.165) is 19.0 Å². The van der Waals surface area contributed by atoms with Gasteiger partial charge in [0.1, 0.15) is 0 Å². The van der Waals surface area contributed by atoms with Crippen molar-refractivity contribution in [2.24, 2.45) is 0 Å². The van der Waals surface area contributed by atoms with Crippen molar-refractivity contribution >= 4 is 0 Å². The van der Waals surface area contributed by atoms with E-state index in [1.54, 1.807) is 0 Å². The zero-order chi connectivity index (χ0) is 9.97. The fraction of sp³-hybridized carbons (Fsp3) is 1.00. The third-order valence-electron chi connectivity index (χ3n) is 3.42. The lowest BCUT2D eigenvalue weighted by molar-refractivity contribution is -0.0149. The van der Waals surface area contributed by atoms with Gasteiger partial charge >= 0.3 is 0 Å². The molecule has 2 heterocycles. The molecule has 82 valence electrons. The molecular formula is C11H22N2O. The van der Waals surface area contributed by atoms with Crippen molar-refractivity contribution in [2.75, 3.05) is 32.7 Å². The molecule has 2 saturated heterocycles. The zero-order valence-corrected chi connectivity index (χ0v) is 9.15. The fourth-order valence-electron chi connectivity index (χ4n) is 2.59. The SMILES string of the molecule is CCCN1CC(N2CCCC(O)C2)C1. The second-order valence-corrected chi connectivity index (χ2v) is 4.70. The first-order chi connectivity index (χ1) is 6.79. The zero-order valence-electron chi connectivity index (χ0n) is 9.15. The Kier molecular flexibility index (Phi) is 3.42. The molecule has 3 nitrogen and oxygen atoms in total. The Morgan fingerprint density at radius 3 is 2.71 bits per heavy atom. The summed E-state index contributed by atoms with van der Waals surface area (Å²) in [7, 11) is 0. The number of hydrogen-bond acceptors (Lipinski definition) is 3. The molecule has 0 aliphatic carbocycles. The van der Waals surface area contributed by atoms with Crippen LogP contribution in [0.1, 0.15) is 26.2 Å². The van der Waals surface area contributed by atoms with Gasteiger partial charge in [-0.15, -0.1) is 0 Å². The van der Waals surface area contributed by atoms with Crippen molar-refractivity contribution in [1.29, 1.82) is 0 Å². The smallest absolute Gasteiger partial charge is 0.0667 e. The number of β-amino-alcohol motifs (C(OH)–C–C–N with tert-alkyl or cyclic N) is 1. The maximum Gasteiger partial charge on any atom is 0.0667 e. The van der Waals surface area contributed by atoms with Crippen LogP contribution >= 0.6 is 0 Å². The first-order valence-corrected chi connectivity index (χ1v) is 5.94. The lowest BCUT2D eigenvalue weighted by Gasteiger charge is -2.47. The van der Waals surface area contributed by atoms with Gasteiger partial charge in [-0.1, -0.05) is 6.92 Å². The molecular weight excluding hydrogens is 176 g/mol. The maximum absolute atomic E-state index is 9.56. The molecule has 14 heavy (non-hydrogen) atoms. The standard InChI is InChI=1S/C11H22N2O/c1-2-5-12-7-10(8-12)13-6-3-4-11(14)9-13/h10-11,14H,2-9H2,1H3. The number of aliphatic hydroxyl groups is 1. The summed E-state index contributed by atoms with van der Waals surface area (Å²) < 4.78 is 0. The highest BCUT2D eigenvalue weighted by molar-refractivity contribution is 4.90. The Balaban J connectivity index is 1.70. The van der Waals surface area contributed by atoms with Crippen molar-refractivity contribution in [3.63, 3.8) is 0 Å². The molecule has 3 heteroatoms. The van der Waals surface area contributed by atoms with Crippen LogP contribution in [0.15, 0.2) is 0 Å². The van der Waals surface area contributed by atoms with Crippen LogP contribution in [0.25, 0.3) is 0 Å². The van der Waals surface area contributed by atoms with Gasteiger partial charge < -0.3 is 10.0 Å². The number of aliphatic hydroxyl groups excluding tert-OH is 1. The van der Waals surface area contributed by atoms with Crippen molar-refractivity contribution < 1.29 is 5.11 Å². The molecule has 0 spiro atoms. The Labute approximate surface area is 86.7 Å². The van der Waals surface area contributed by atoms with E-state index in [-0.39, 0.29) is 6.10 Å². The van der Waals surface area contributed by atoms with E-state index >= 15 is 0 Å². The van der Waals surface area contributed by atoms with Gasteiger partial charge in [0.2, 0.25) is 0 Å². The largest absolute Gasteiger partial charge is 0.392 e. The summed E-state index contributed by atoms with van der Waals surface area (Å²) in [6.07, 6.45) is 3.37. The van der Waals surface area contributed by atoms with Crippen LogP contribution < -0.4 is 0 Å². The highest BCUT2D eigenvalue weighted by Crippen LogP contribution is 2.19. The van der Waals surface area contributed by atoms with Crippen molar-refractivity contribution in [3.05, 3.63) is 0 Å². The average Bonchev–Trinajstić information content (AvgIpc) is 2.10. The van der Waals surface area contributed by atoms with Crippen LogP contribution in [0.3, 0.4) is 0 Å². The molecule has 2 aliphatic rings. The van der Waals surface area contributed by atoms with E-state index in [2.05, 4.69) is 16.7 Å². The predicted octanol–water partition coefficient (Wildman–Crippen LogP) is 0.537. The molecule has 1 atom stereocenters. The molecule has 2 aliphatic heterocycles. The van der Waals surface area contributed by atoms with Gasteiger partial charge in [-0.05, 0) is 32.4 Å². The highest BCUT2D eigenvalue weighted by atomic mass is 16.3. The number of nitrogens with zero attached hydrogens (tertiary/aromatic N) is 2. The van der Waals surface area contributed by atoms with Gasteiger partial charge in [0, 0.05) is 25.7 Å². The maximum atomic E-state index is 9.56. The Hall–Kier alpha value is -0.120. The second-order valence-electron chi connectivity index (χ2n) is 4.70. The topological polar surface area (TPSA) is 26.7 Å². The minimum Gasteiger partial charge on any atom is -0.392 e. The summed E-state index contributed by atoms with van der Waals surface area (Å²) in [5, 5.41) is 9.56. The van der Waals surface area contributed by atoms with Crippen molar-refractivity contribution in [3.8, 4) is 0 Å². The molecule has 0 aromatic heterocycles. The molecule has 1 unspecified atom stereocenters. The van der Waals surface area contributed by atoms with E-state index < -0.39 is 0 Å². The highest BCUT2D eigenvalue weighted by Gasteiger charge is 2.33. The summed E-state index contributed by atoms with van der Waals surface area (Å²) in [5.41, 5.74) is 0. The summed E-state index contributed by atoms with van der Waals surface area (Å²) in [6, 6.07) is 0.733. The van der Waals surface area contributed by atoms with Gasteiger partial charge in [-0.2, -0.15) is 0 Å². The first kappa shape index (κ1) is 10.4. The number of piperidine rings is 1. The second kappa shape index (κ2) is 4.60. The van der Waals surface area contributed by atoms with Gasteiger partial charge in [0.25, 0.3) is 0 Å². The summed E-state index contributed by atoms with van der Waals surface area (Å²) in [4.78, 5) is 4.98. The summed E-state index contributed by atoms with van der Waals surface area (Å²) >= 11 is 0. The van der Waals surface area contributed by atoms with Crippen LogP contribution in [-0.4, -0.2) is 59.8 Å². The van der Waals surface area contributed by atoms with E-state index in [4.69, 9.17) is 0 Å². The lowest BCUT2D eigenvalue weighted by atomic mass is 10.0. The van der Waals surface area contributed by atoms with E-state index in [1.807, 2.05) is 0 Å². The fourth-order valence-corrected chi connectivity index (χ4v) is 2.59. The lowest BCUT2D eigenvalue weighted by Crippen LogP contribution is -2.61. The molecule has 0 radical (unpaired) electrons. The van der Waals surface area contributed by atoms with Gasteiger partial charge in [-0.3, -0.25) is 4.90 Å². The van der Waals surface area contributed by atoms with E-state index in [1.165, 1.54) is 39.0 Å². The molecule has 0 aromatic rings. The van der Waals surface area contributed by atoms with Crippen LogP contribution in [0, 0.1) is 0 Å². The monoisotopic (exact) mass is 198 g/mol. The Morgan fingerprint density at radius 1 is 1.29 bits per heavy atom. The van der Waals surface area contributed by atoms with Crippen molar-refractivity contribution in [2.45, 2.75) is 38.3 Å². The summed E-state index contributed by atoms with van der Waals surface area (Å²) in [5.74, 6) is 0. The molecule has 0 amide bonds. The molecule has 0 saturated carbocycles. The van der Waals surface area contributed by atoms with Crippen LogP contribution in [0.5, 0.6) is 0 Å². The van der Waals surface area contributed by atoms with E-state index in [0.29, 0.717) is 0 Å². The molecule has 0 bridgehead atoms. The van der Waals surface area contributed by atoms with Crippen molar-refractivity contribution in [1.82, 2.24) is 9.80 Å². The molecule has 0 aromatic carbocycles. The number of rotatable bonds is 3. The third kappa shape index (κ3) is 2.27. The Bertz CT molecular complexity index is 180. The number of likely N-dealkylation sites (tertiary alicyclic amines) is 2. The third-order valence-corrected chi connectivity index (χ3v) is 3.42. The van der Waals surface area contributed by atoms with Gasteiger partial charge in [0.05, 0.1) is 6.10 Å². The molecule has 2 fully saturated rings. The Morgan fingerprint density at radius 2 is 2.07 bits per heavy atom. The average molecular weight is 198 g/mol. The van der Waals surface area contributed by atoms with E-state index in [9.17, 15) is 5.11 Å². The molecule has 2 rings (SSSR count).